The minimum atomic E-state index is -0.206. The maximum Gasteiger partial charge on any atom is 0.240 e. The maximum atomic E-state index is 6.19. The van der Waals surface area contributed by atoms with E-state index < -0.39 is 0 Å². The van der Waals surface area contributed by atoms with E-state index in [1.165, 1.54) is 16.7 Å². The third-order valence-corrected chi connectivity index (χ3v) is 5.11. The minimum absolute atomic E-state index is 0.136. The van der Waals surface area contributed by atoms with E-state index in [2.05, 4.69) is 98.7 Å². The van der Waals surface area contributed by atoms with Crippen molar-refractivity contribution in [3.05, 3.63) is 95.6 Å². The smallest absolute Gasteiger partial charge is 0.240 e. The lowest BCUT2D eigenvalue weighted by Gasteiger charge is -2.19. The van der Waals surface area contributed by atoms with E-state index in [1.54, 1.807) is 0 Å². The van der Waals surface area contributed by atoms with E-state index in [1.807, 2.05) is 18.1 Å². The summed E-state index contributed by atoms with van der Waals surface area (Å²) in [6.45, 7) is 6.65. The third kappa shape index (κ3) is 3.65. The van der Waals surface area contributed by atoms with Gasteiger partial charge in [-0.2, -0.15) is 0 Å². The third-order valence-electron chi connectivity index (χ3n) is 5.11. The lowest BCUT2D eigenvalue weighted by molar-refractivity contribution is 0.0780. The lowest BCUT2D eigenvalue weighted by atomic mass is 9.87. The first-order valence-electron chi connectivity index (χ1n) is 9.66. The van der Waals surface area contributed by atoms with Gasteiger partial charge in [-0.05, 0) is 34.2 Å². The van der Waals surface area contributed by atoms with Gasteiger partial charge in [-0.3, -0.25) is 5.01 Å². The quantitative estimate of drug-likeness (QED) is 0.567. The van der Waals surface area contributed by atoms with Crippen LogP contribution in [0.25, 0.3) is 11.1 Å². The van der Waals surface area contributed by atoms with Gasteiger partial charge in [0.05, 0.1) is 0 Å². The Kier molecular flexibility index (Phi) is 4.68. The predicted molar refractivity (Wildman–Crippen MR) is 115 cm³/mol. The van der Waals surface area contributed by atoms with Crippen LogP contribution in [0.3, 0.4) is 0 Å². The molecule has 0 saturated carbocycles. The van der Waals surface area contributed by atoms with Crippen molar-refractivity contribution in [2.75, 3.05) is 7.05 Å². The number of hydrogen-bond acceptors (Lipinski definition) is 3. The van der Waals surface area contributed by atoms with Crippen LogP contribution in [0.4, 0.5) is 0 Å². The highest BCUT2D eigenvalue weighted by Crippen LogP contribution is 2.31. The summed E-state index contributed by atoms with van der Waals surface area (Å²) >= 11 is 0. The number of rotatable bonds is 3. The molecule has 0 aromatic heterocycles. The van der Waals surface area contributed by atoms with Crippen LogP contribution >= 0.6 is 0 Å². The van der Waals surface area contributed by atoms with Crippen LogP contribution in [0.15, 0.2) is 84.0 Å². The topological polar surface area (TPSA) is 24.8 Å². The standard InChI is InChI=1S/C25H26N2O/c1-25(2,3)22-16-14-20(15-17-22)23-26-27(4)24(28-23)21-12-10-19(11-13-21)18-8-6-5-7-9-18/h5-17,24H,1-4H3. The second-order valence-corrected chi connectivity index (χ2v) is 8.26. The van der Waals surface area contributed by atoms with Crippen molar-refractivity contribution in [2.45, 2.75) is 32.4 Å². The zero-order chi connectivity index (χ0) is 19.7. The van der Waals surface area contributed by atoms with E-state index in [-0.39, 0.29) is 11.6 Å². The zero-order valence-corrected chi connectivity index (χ0v) is 16.9. The summed E-state index contributed by atoms with van der Waals surface area (Å²) in [5.74, 6) is 0.667. The molecule has 0 bridgehead atoms. The molecule has 0 spiro atoms. The Hall–Kier alpha value is -3.07. The summed E-state index contributed by atoms with van der Waals surface area (Å²) in [6, 6.07) is 27.4. The molecule has 3 aromatic rings. The van der Waals surface area contributed by atoms with Crippen molar-refractivity contribution in [3.63, 3.8) is 0 Å². The Balaban J connectivity index is 1.51. The minimum Gasteiger partial charge on any atom is -0.446 e. The predicted octanol–water partition coefficient (Wildman–Crippen LogP) is 5.97. The molecule has 3 nitrogen and oxygen atoms in total. The molecule has 28 heavy (non-hydrogen) atoms. The molecule has 1 aliphatic heterocycles. The van der Waals surface area contributed by atoms with Crippen LogP contribution in [-0.4, -0.2) is 18.0 Å². The first-order chi connectivity index (χ1) is 13.4. The van der Waals surface area contributed by atoms with Gasteiger partial charge in [-0.1, -0.05) is 87.5 Å². The van der Waals surface area contributed by atoms with Crippen molar-refractivity contribution in [3.8, 4) is 11.1 Å². The summed E-state index contributed by atoms with van der Waals surface area (Å²) in [6.07, 6.45) is -0.206. The molecule has 0 fully saturated rings. The molecule has 0 aliphatic carbocycles. The Morgan fingerprint density at radius 2 is 1.32 bits per heavy atom. The van der Waals surface area contributed by atoms with E-state index in [0.717, 1.165) is 11.1 Å². The molecule has 0 saturated heterocycles. The monoisotopic (exact) mass is 370 g/mol. The number of hydrazone groups is 1. The van der Waals surface area contributed by atoms with E-state index in [4.69, 9.17) is 4.74 Å². The van der Waals surface area contributed by atoms with Crippen LogP contribution in [0, 0.1) is 0 Å². The number of nitrogens with zero attached hydrogens (tertiary/aromatic N) is 2. The van der Waals surface area contributed by atoms with Gasteiger partial charge >= 0.3 is 0 Å². The molecule has 0 N–H and O–H groups in total. The lowest BCUT2D eigenvalue weighted by Crippen LogP contribution is -2.15. The molecule has 3 heteroatoms. The first-order valence-corrected chi connectivity index (χ1v) is 9.66. The van der Waals surface area contributed by atoms with E-state index in [9.17, 15) is 0 Å². The Morgan fingerprint density at radius 3 is 1.93 bits per heavy atom. The fourth-order valence-corrected chi connectivity index (χ4v) is 3.39. The summed E-state index contributed by atoms with van der Waals surface area (Å²) in [5.41, 5.74) is 5.94. The molecule has 4 rings (SSSR count). The molecule has 0 radical (unpaired) electrons. The van der Waals surface area contributed by atoms with Crippen LogP contribution in [-0.2, 0) is 10.2 Å². The molecular formula is C25H26N2O. The summed E-state index contributed by atoms with van der Waals surface area (Å²) in [7, 11) is 1.95. The summed E-state index contributed by atoms with van der Waals surface area (Å²) in [4.78, 5) is 0. The van der Waals surface area contributed by atoms with Crippen molar-refractivity contribution in [1.82, 2.24) is 5.01 Å². The normalized spacial score (nSPS) is 16.6. The van der Waals surface area contributed by atoms with Crippen LogP contribution < -0.4 is 0 Å². The van der Waals surface area contributed by atoms with Crippen LogP contribution in [0.2, 0.25) is 0 Å². The second-order valence-electron chi connectivity index (χ2n) is 8.26. The van der Waals surface area contributed by atoms with Crippen molar-refractivity contribution in [2.24, 2.45) is 5.10 Å². The van der Waals surface area contributed by atoms with Gasteiger partial charge in [0.25, 0.3) is 0 Å². The highest BCUT2D eigenvalue weighted by molar-refractivity contribution is 5.94. The fraction of sp³-hybridized carbons (Fsp3) is 0.240. The van der Waals surface area contributed by atoms with Crippen LogP contribution in [0.1, 0.15) is 43.7 Å². The summed E-state index contributed by atoms with van der Waals surface area (Å²) < 4.78 is 6.19. The molecule has 1 atom stereocenters. The SMILES string of the molecule is CN1N=C(c2ccc(C(C)(C)C)cc2)OC1c1ccc(-c2ccccc2)cc1. The van der Waals surface area contributed by atoms with Crippen molar-refractivity contribution >= 4 is 5.90 Å². The fourth-order valence-electron chi connectivity index (χ4n) is 3.39. The maximum absolute atomic E-state index is 6.19. The van der Waals surface area contributed by atoms with Crippen LogP contribution in [0.5, 0.6) is 0 Å². The Labute approximate surface area is 167 Å². The molecule has 142 valence electrons. The average molecular weight is 370 g/mol. The zero-order valence-electron chi connectivity index (χ0n) is 16.9. The van der Waals surface area contributed by atoms with Gasteiger partial charge in [-0.25, -0.2) is 0 Å². The summed E-state index contributed by atoms with van der Waals surface area (Å²) in [5, 5.41) is 6.50. The van der Waals surface area contributed by atoms with Gasteiger partial charge in [-0.15, -0.1) is 5.10 Å². The molecule has 1 unspecified atom stereocenters. The van der Waals surface area contributed by atoms with Gasteiger partial charge in [0, 0.05) is 18.2 Å². The molecule has 3 aromatic carbocycles. The Morgan fingerprint density at radius 1 is 0.750 bits per heavy atom. The molecule has 1 aliphatic rings. The van der Waals surface area contributed by atoms with E-state index >= 15 is 0 Å². The molecule has 1 heterocycles. The highest BCUT2D eigenvalue weighted by atomic mass is 16.5. The first kappa shape index (κ1) is 18.3. The Bertz CT molecular complexity index is 968. The van der Waals surface area contributed by atoms with Gasteiger partial charge in [0.15, 0.2) is 0 Å². The van der Waals surface area contributed by atoms with E-state index in [0.29, 0.717) is 5.90 Å². The largest absolute Gasteiger partial charge is 0.446 e. The second kappa shape index (κ2) is 7.16. The van der Waals surface area contributed by atoms with Crippen molar-refractivity contribution in [1.29, 1.82) is 0 Å². The molecule has 0 amide bonds. The number of hydrogen-bond donors (Lipinski definition) is 0. The highest BCUT2D eigenvalue weighted by Gasteiger charge is 2.27. The van der Waals surface area contributed by atoms with Gasteiger partial charge < -0.3 is 4.74 Å². The average Bonchev–Trinajstić information content (AvgIpc) is 3.10. The number of benzene rings is 3. The molecular weight excluding hydrogens is 344 g/mol. The van der Waals surface area contributed by atoms with Crippen molar-refractivity contribution < 1.29 is 4.74 Å². The van der Waals surface area contributed by atoms with Gasteiger partial charge in [0.1, 0.15) is 0 Å². The number of ether oxygens (including phenoxy) is 1. The van der Waals surface area contributed by atoms with Gasteiger partial charge in [0.2, 0.25) is 12.1 Å².